The largest absolute Gasteiger partial charge is 0.389 e. The first-order valence-electron chi connectivity index (χ1n) is 7.79. The van der Waals surface area contributed by atoms with Crippen molar-refractivity contribution in [2.75, 3.05) is 11.4 Å². The van der Waals surface area contributed by atoms with E-state index in [9.17, 15) is 9.90 Å². The summed E-state index contributed by atoms with van der Waals surface area (Å²) in [7, 11) is 0. The zero-order valence-electron chi connectivity index (χ0n) is 12.0. The molecule has 20 heavy (non-hydrogen) atoms. The number of nitrogens with zero attached hydrogens (tertiary/aromatic N) is 1. The van der Waals surface area contributed by atoms with E-state index in [2.05, 4.69) is 6.07 Å². The average molecular weight is 273 g/mol. The van der Waals surface area contributed by atoms with E-state index < -0.39 is 5.60 Å². The second kappa shape index (κ2) is 5.57. The van der Waals surface area contributed by atoms with Crippen molar-refractivity contribution >= 4 is 11.6 Å². The van der Waals surface area contributed by atoms with Gasteiger partial charge in [0, 0.05) is 12.2 Å². The molecule has 1 saturated carbocycles. The van der Waals surface area contributed by atoms with Crippen molar-refractivity contribution in [2.24, 2.45) is 0 Å². The van der Waals surface area contributed by atoms with Crippen LogP contribution in [0.3, 0.4) is 0 Å². The number of hydrogen-bond donors (Lipinski definition) is 1. The minimum Gasteiger partial charge on any atom is -0.389 e. The Hall–Kier alpha value is -1.35. The third-order valence-electron chi connectivity index (χ3n) is 4.68. The maximum Gasteiger partial charge on any atom is 0.229 e. The van der Waals surface area contributed by atoms with Gasteiger partial charge in [0.15, 0.2) is 0 Å². The molecule has 1 N–H and O–H groups in total. The van der Waals surface area contributed by atoms with Gasteiger partial charge in [0.05, 0.1) is 12.0 Å². The monoisotopic (exact) mass is 273 g/mol. The van der Waals surface area contributed by atoms with Crippen LogP contribution in [0.5, 0.6) is 0 Å². The van der Waals surface area contributed by atoms with E-state index in [1.807, 2.05) is 23.1 Å². The lowest BCUT2D eigenvalue weighted by Crippen LogP contribution is -2.38. The normalized spacial score (nSPS) is 21.4. The van der Waals surface area contributed by atoms with Crippen molar-refractivity contribution in [1.29, 1.82) is 0 Å². The Morgan fingerprint density at radius 2 is 1.90 bits per heavy atom. The number of anilines is 1. The van der Waals surface area contributed by atoms with Crippen LogP contribution in [-0.2, 0) is 11.2 Å². The molecule has 0 saturated heterocycles. The van der Waals surface area contributed by atoms with E-state index >= 15 is 0 Å². The Labute approximate surface area is 120 Å². The van der Waals surface area contributed by atoms with Crippen LogP contribution in [-0.4, -0.2) is 23.2 Å². The summed E-state index contributed by atoms with van der Waals surface area (Å²) in [6.07, 6.45) is 7.12. The SMILES string of the molecule is O=C(CC1(O)CCCC1)N1CCCCc2ccccc21. The zero-order chi connectivity index (χ0) is 14.0. The third-order valence-corrected chi connectivity index (χ3v) is 4.68. The smallest absolute Gasteiger partial charge is 0.229 e. The molecule has 1 aliphatic heterocycles. The molecule has 108 valence electrons. The van der Waals surface area contributed by atoms with Crippen LogP contribution in [0.15, 0.2) is 24.3 Å². The summed E-state index contributed by atoms with van der Waals surface area (Å²) in [4.78, 5) is 14.5. The van der Waals surface area contributed by atoms with E-state index in [0.717, 1.165) is 57.2 Å². The number of carbonyl (C=O) groups excluding carboxylic acids is 1. The van der Waals surface area contributed by atoms with Crippen LogP contribution in [0.25, 0.3) is 0 Å². The topological polar surface area (TPSA) is 40.5 Å². The van der Waals surface area contributed by atoms with Crippen LogP contribution in [0, 0.1) is 0 Å². The van der Waals surface area contributed by atoms with E-state index in [4.69, 9.17) is 0 Å². The molecule has 3 nitrogen and oxygen atoms in total. The van der Waals surface area contributed by atoms with Crippen LogP contribution in [0.2, 0.25) is 0 Å². The molecule has 3 heteroatoms. The number of fused-ring (bicyclic) bond motifs is 1. The maximum absolute atomic E-state index is 12.6. The molecule has 2 aliphatic rings. The summed E-state index contributed by atoms with van der Waals surface area (Å²) in [5, 5.41) is 10.5. The molecule has 0 radical (unpaired) electrons. The van der Waals surface area contributed by atoms with Gasteiger partial charge in [-0.1, -0.05) is 31.0 Å². The molecule has 1 aromatic rings. The lowest BCUT2D eigenvalue weighted by atomic mass is 9.97. The van der Waals surface area contributed by atoms with Gasteiger partial charge in [-0.3, -0.25) is 4.79 Å². The van der Waals surface area contributed by atoms with Crippen molar-refractivity contribution in [3.05, 3.63) is 29.8 Å². The highest BCUT2D eigenvalue weighted by molar-refractivity contribution is 5.94. The maximum atomic E-state index is 12.6. The predicted octanol–water partition coefficient (Wildman–Crippen LogP) is 3.05. The summed E-state index contributed by atoms with van der Waals surface area (Å²) in [6, 6.07) is 8.19. The van der Waals surface area contributed by atoms with Gasteiger partial charge in [0.25, 0.3) is 0 Å². The summed E-state index contributed by atoms with van der Waals surface area (Å²) < 4.78 is 0. The second-order valence-corrected chi connectivity index (χ2v) is 6.24. The molecule has 0 spiro atoms. The van der Waals surface area contributed by atoms with E-state index in [0.29, 0.717) is 0 Å². The fourth-order valence-corrected chi connectivity index (χ4v) is 3.54. The number of benzene rings is 1. The first-order chi connectivity index (χ1) is 9.68. The van der Waals surface area contributed by atoms with Gasteiger partial charge in [0.2, 0.25) is 5.91 Å². The van der Waals surface area contributed by atoms with Gasteiger partial charge in [-0.25, -0.2) is 0 Å². The fourth-order valence-electron chi connectivity index (χ4n) is 3.54. The number of hydrogen-bond acceptors (Lipinski definition) is 2. The Kier molecular flexibility index (Phi) is 3.79. The first-order valence-corrected chi connectivity index (χ1v) is 7.79. The van der Waals surface area contributed by atoms with Crippen LogP contribution in [0.1, 0.15) is 50.5 Å². The lowest BCUT2D eigenvalue weighted by molar-refractivity contribution is -0.123. The highest BCUT2D eigenvalue weighted by Crippen LogP contribution is 2.34. The highest BCUT2D eigenvalue weighted by atomic mass is 16.3. The fraction of sp³-hybridized carbons (Fsp3) is 0.588. The van der Waals surface area contributed by atoms with Gasteiger partial charge < -0.3 is 10.0 Å². The minimum atomic E-state index is -0.752. The number of carbonyl (C=O) groups is 1. The minimum absolute atomic E-state index is 0.0868. The molecule has 3 rings (SSSR count). The quantitative estimate of drug-likeness (QED) is 0.899. The Morgan fingerprint density at radius 3 is 2.70 bits per heavy atom. The van der Waals surface area contributed by atoms with Crippen molar-refractivity contribution in [1.82, 2.24) is 0 Å². The Bertz CT molecular complexity index is 492. The number of para-hydroxylation sites is 1. The van der Waals surface area contributed by atoms with Gasteiger partial charge in [-0.15, -0.1) is 0 Å². The number of aliphatic hydroxyl groups is 1. The Balaban J connectivity index is 1.80. The molecule has 0 aromatic heterocycles. The highest BCUT2D eigenvalue weighted by Gasteiger charge is 2.35. The van der Waals surface area contributed by atoms with Crippen molar-refractivity contribution in [3.63, 3.8) is 0 Å². The van der Waals surface area contributed by atoms with Crippen LogP contribution >= 0.6 is 0 Å². The molecule has 1 fully saturated rings. The van der Waals surface area contributed by atoms with Crippen molar-refractivity contribution < 1.29 is 9.90 Å². The van der Waals surface area contributed by atoms with Crippen molar-refractivity contribution in [2.45, 2.75) is 57.0 Å². The van der Waals surface area contributed by atoms with Gasteiger partial charge in [0.1, 0.15) is 0 Å². The first kappa shape index (κ1) is 13.6. The summed E-state index contributed by atoms with van der Waals surface area (Å²) >= 11 is 0. The summed E-state index contributed by atoms with van der Waals surface area (Å²) in [6.45, 7) is 0.784. The van der Waals surface area contributed by atoms with E-state index in [-0.39, 0.29) is 12.3 Å². The summed E-state index contributed by atoms with van der Waals surface area (Å²) in [5.74, 6) is 0.0868. The van der Waals surface area contributed by atoms with Crippen molar-refractivity contribution in [3.8, 4) is 0 Å². The number of amides is 1. The molecule has 1 heterocycles. The molecule has 0 bridgehead atoms. The van der Waals surface area contributed by atoms with Crippen LogP contribution < -0.4 is 4.90 Å². The van der Waals surface area contributed by atoms with E-state index in [1.54, 1.807) is 0 Å². The van der Waals surface area contributed by atoms with Gasteiger partial charge in [-0.2, -0.15) is 0 Å². The number of aryl methyl sites for hydroxylation is 1. The number of rotatable bonds is 2. The molecule has 0 atom stereocenters. The molecule has 1 amide bonds. The lowest BCUT2D eigenvalue weighted by Gasteiger charge is -2.28. The van der Waals surface area contributed by atoms with Crippen LogP contribution in [0.4, 0.5) is 5.69 Å². The van der Waals surface area contributed by atoms with Gasteiger partial charge >= 0.3 is 0 Å². The average Bonchev–Trinajstić information content (AvgIpc) is 2.75. The summed E-state index contributed by atoms with van der Waals surface area (Å²) in [5.41, 5.74) is 1.56. The zero-order valence-corrected chi connectivity index (χ0v) is 12.0. The molecular formula is C17H23NO2. The third kappa shape index (κ3) is 2.73. The Morgan fingerprint density at radius 1 is 1.15 bits per heavy atom. The standard InChI is InChI=1S/C17H23NO2/c19-16(13-17(20)10-4-5-11-17)18-12-6-3-8-14-7-1-2-9-15(14)18/h1-2,7,9,20H,3-6,8,10-13H2. The van der Waals surface area contributed by atoms with Gasteiger partial charge in [-0.05, 0) is 43.7 Å². The van der Waals surface area contributed by atoms with E-state index in [1.165, 1.54) is 5.56 Å². The molecule has 1 aromatic carbocycles. The second-order valence-electron chi connectivity index (χ2n) is 6.24. The molecular weight excluding hydrogens is 250 g/mol. The molecule has 0 unspecified atom stereocenters. The predicted molar refractivity (Wildman–Crippen MR) is 79.8 cm³/mol. The molecule has 1 aliphatic carbocycles.